The van der Waals surface area contributed by atoms with E-state index >= 15 is 0 Å². The van der Waals surface area contributed by atoms with Crippen LogP contribution in [-0.2, 0) is 24.3 Å². The van der Waals surface area contributed by atoms with Gasteiger partial charge in [0.2, 0.25) is 10.0 Å². The number of carbonyl (C=O) groups is 2. The van der Waals surface area contributed by atoms with Crippen molar-refractivity contribution in [1.82, 2.24) is 4.31 Å². The van der Waals surface area contributed by atoms with Gasteiger partial charge in [-0.3, -0.25) is 9.59 Å². The van der Waals surface area contributed by atoms with E-state index in [2.05, 4.69) is 4.74 Å². The quantitative estimate of drug-likeness (QED) is 0.695. The molecule has 0 aromatic carbocycles. The third kappa shape index (κ3) is 4.08. The molecule has 9 heteroatoms. The molecule has 0 bridgehead atoms. The molecule has 0 amide bonds. The number of carboxylic acids is 1. The summed E-state index contributed by atoms with van der Waals surface area (Å²) in [4.78, 5) is 22.2. The number of rotatable bonds is 6. The number of carboxylic acid groups (broad SMARTS) is 1. The van der Waals surface area contributed by atoms with Crippen LogP contribution in [0.4, 0.5) is 0 Å². The van der Waals surface area contributed by atoms with Crippen LogP contribution in [0.5, 0.6) is 0 Å². The van der Waals surface area contributed by atoms with Gasteiger partial charge < -0.3 is 9.84 Å². The minimum absolute atomic E-state index is 0.187. The van der Waals surface area contributed by atoms with E-state index in [0.29, 0.717) is 0 Å². The molecular weight excluding hydrogens is 294 g/mol. The average molecular weight is 311 g/mol. The van der Waals surface area contributed by atoms with Crippen molar-refractivity contribution in [3.05, 3.63) is 0 Å². The van der Waals surface area contributed by atoms with Crippen LogP contribution in [-0.4, -0.2) is 59.3 Å². The molecule has 0 saturated carbocycles. The van der Waals surface area contributed by atoms with Crippen molar-refractivity contribution in [2.24, 2.45) is 0 Å². The van der Waals surface area contributed by atoms with Crippen LogP contribution < -0.4 is 0 Å². The summed E-state index contributed by atoms with van der Waals surface area (Å²) in [6.45, 7) is 3.45. The van der Waals surface area contributed by atoms with Crippen molar-refractivity contribution < 1.29 is 27.9 Å². The summed E-state index contributed by atoms with van der Waals surface area (Å²) in [6.07, 6.45) is -0.267. The molecule has 2 atom stereocenters. The lowest BCUT2D eigenvalue weighted by atomic mass is 10.3. The molecule has 0 aromatic heterocycles. The molecule has 110 valence electrons. The van der Waals surface area contributed by atoms with E-state index in [1.807, 2.05) is 0 Å². The number of carbonyl (C=O) groups excluding carboxylic acids is 1. The van der Waals surface area contributed by atoms with Crippen molar-refractivity contribution in [2.75, 3.05) is 18.1 Å². The molecule has 2 unspecified atom stereocenters. The van der Waals surface area contributed by atoms with Gasteiger partial charge in [0.15, 0.2) is 0 Å². The first-order valence-electron chi connectivity index (χ1n) is 5.80. The van der Waals surface area contributed by atoms with E-state index in [1.54, 1.807) is 13.8 Å². The fourth-order valence-corrected chi connectivity index (χ4v) is 5.15. The van der Waals surface area contributed by atoms with Gasteiger partial charge in [-0.2, -0.15) is 4.31 Å². The van der Waals surface area contributed by atoms with Crippen molar-refractivity contribution in [3.8, 4) is 0 Å². The minimum Gasteiger partial charge on any atom is -0.480 e. The second kappa shape index (κ2) is 6.58. The van der Waals surface area contributed by atoms with Crippen LogP contribution >= 0.6 is 11.8 Å². The predicted molar refractivity (Wildman–Crippen MR) is 70.2 cm³/mol. The normalized spacial score (nSPS) is 24.3. The van der Waals surface area contributed by atoms with E-state index in [-0.39, 0.29) is 18.8 Å². The highest BCUT2D eigenvalue weighted by Crippen LogP contribution is 2.31. The largest absolute Gasteiger partial charge is 0.480 e. The first-order valence-corrected chi connectivity index (χ1v) is 8.46. The Kier molecular flexibility index (Phi) is 5.63. The van der Waals surface area contributed by atoms with Gasteiger partial charge in [0.1, 0.15) is 6.04 Å². The highest BCUT2D eigenvalue weighted by molar-refractivity contribution is 8.01. The van der Waals surface area contributed by atoms with Gasteiger partial charge in [0, 0.05) is 5.75 Å². The Balaban J connectivity index is 2.75. The van der Waals surface area contributed by atoms with E-state index in [9.17, 15) is 18.0 Å². The zero-order valence-electron chi connectivity index (χ0n) is 10.7. The Morgan fingerprint density at radius 2 is 2.11 bits per heavy atom. The van der Waals surface area contributed by atoms with Crippen molar-refractivity contribution in [3.63, 3.8) is 0 Å². The van der Waals surface area contributed by atoms with Gasteiger partial charge in [-0.15, -0.1) is 11.8 Å². The monoisotopic (exact) mass is 311 g/mol. The number of esters is 1. The molecule has 1 fully saturated rings. The molecule has 0 spiro atoms. The molecule has 19 heavy (non-hydrogen) atoms. The maximum atomic E-state index is 12.1. The lowest BCUT2D eigenvalue weighted by Crippen LogP contribution is -2.45. The maximum Gasteiger partial charge on any atom is 0.322 e. The van der Waals surface area contributed by atoms with Crippen LogP contribution in [0.2, 0.25) is 0 Å². The number of hydrogen-bond donors (Lipinski definition) is 1. The molecule has 1 aliphatic rings. The summed E-state index contributed by atoms with van der Waals surface area (Å²) in [5.74, 6) is -1.98. The molecule has 1 rings (SSSR count). The topological polar surface area (TPSA) is 101 Å². The fourth-order valence-electron chi connectivity index (χ4n) is 1.78. The number of nitrogens with zero attached hydrogens (tertiary/aromatic N) is 1. The number of ether oxygens (including phenoxy) is 1. The van der Waals surface area contributed by atoms with Crippen LogP contribution in [0.15, 0.2) is 0 Å². The van der Waals surface area contributed by atoms with Gasteiger partial charge >= 0.3 is 11.9 Å². The Hall–Kier alpha value is -0.800. The Morgan fingerprint density at radius 1 is 1.47 bits per heavy atom. The van der Waals surface area contributed by atoms with Gasteiger partial charge in [-0.1, -0.05) is 0 Å². The Morgan fingerprint density at radius 3 is 2.63 bits per heavy atom. The third-order valence-electron chi connectivity index (χ3n) is 2.64. The molecule has 7 nitrogen and oxygen atoms in total. The first kappa shape index (κ1) is 16.3. The number of sulfonamides is 1. The van der Waals surface area contributed by atoms with E-state index in [0.717, 1.165) is 4.31 Å². The summed E-state index contributed by atoms with van der Waals surface area (Å²) in [7, 11) is -3.79. The molecule has 1 N–H and O–H groups in total. The Bertz CT molecular complexity index is 449. The smallest absolute Gasteiger partial charge is 0.322 e. The van der Waals surface area contributed by atoms with Crippen LogP contribution in [0, 0.1) is 0 Å². The minimum atomic E-state index is -3.79. The highest BCUT2D eigenvalue weighted by atomic mass is 32.2. The van der Waals surface area contributed by atoms with E-state index < -0.39 is 39.1 Å². The van der Waals surface area contributed by atoms with Gasteiger partial charge in [-0.05, 0) is 13.8 Å². The van der Waals surface area contributed by atoms with E-state index in [1.165, 1.54) is 11.8 Å². The molecule has 0 aliphatic carbocycles. The SMILES string of the molecule is CCOC(=O)CCS(=O)(=O)N1C(C)SCC1C(=O)O. The molecule has 1 aliphatic heterocycles. The second-order valence-corrected chi connectivity index (χ2v) is 7.33. The molecule has 1 saturated heterocycles. The van der Waals surface area contributed by atoms with Gasteiger partial charge in [0.05, 0.1) is 24.2 Å². The van der Waals surface area contributed by atoms with Crippen molar-refractivity contribution in [2.45, 2.75) is 31.7 Å². The third-order valence-corrected chi connectivity index (χ3v) is 5.92. The number of thioether (sulfide) groups is 1. The summed E-state index contributed by atoms with van der Waals surface area (Å²) in [5.41, 5.74) is 0. The summed E-state index contributed by atoms with van der Waals surface area (Å²) < 4.78 is 29.8. The molecule has 0 radical (unpaired) electrons. The standard InChI is InChI=1S/C10H17NO6S2/c1-3-17-9(12)4-5-19(15,16)11-7(2)18-6-8(11)10(13)14/h7-8H,3-6H2,1-2H3,(H,13,14). The second-order valence-electron chi connectivity index (χ2n) is 3.99. The van der Waals surface area contributed by atoms with Gasteiger partial charge in [0.25, 0.3) is 0 Å². The number of aliphatic carboxylic acids is 1. The van der Waals surface area contributed by atoms with Crippen LogP contribution in [0.1, 0.15) is 20.3 Å². The summed E-state index contributed by atoms with van der Waals surface area (Å²) in [6, 6.07) is -1.06. The van der Waals surface area contributed by atoms with Gasteiger partial charge in [-0.25, -0.2) is 8.42 Å². The lowest BCUT2D eigenvalue weighted by Gasteiger charge is -2.23. The molecular formula is C10H17NO6S2. The van der Waals surface area contributed by atoms with Crippen molar-refractivity contribution >= 4 is 33.7 Å². The summed E-state index contributed by atoms with van der Waals surface area (Å²) >= 11 is 1.26. The van der Waals surface area contributed by atoms with Crippen LogP contribution in [0.25, 0.3) is 0 Å². The average Bonchev–Trinajstić information content (AvgIpc) is 2.70. The van der Waals surface area contributed by atoms with Crippen molar-refractivity contribution in [1.29, 1.82) is 0 Å². The lowest BCUT2D eigenvalue weighted by molar-refractivity contribution is -0.142. The Labute approximate surface area is 116 Å². The van der Waals surface area contributed by atoms with E-state index in [4.69, 9.17) is 5.11 Å². The maximum absolute atomic E-state index is 12.1. The highest BCUT2D eigenvalue weighted by Gasteiger charge is 2.43. The predicted octanol–water partition coefficient (Wildman–Crippen LogP) is 0.117. The first-order chi connectivity index (χ1) is 8.79. The zero-order chi connectivity index (χ0) is 14.6. The summed E-state index contributed by atoms with van der Waals surface area (Å²) in [5, 5.41) is 8.58. The molecule has 1 heterocycles. The van der Waals surface area contributed by atoms with Crippen LogP contribution in [0.3, 0.4) is 0 Å². The zero-order valence-corrected chi connectivity index (χ0v) is 12.4. The molecule has 0 aromatic rings. The number of hydrogen-bond acceptors (Lipinski definition) is 6. The fraction of sp³-hybridized carbons (Fsp3) is 0.800.